The minimum atomic E-state index is 0.0472. The highest BCUT2D eigenvalue weighted by Gasteiger charge is 2.19. The van der Waals surface area contributed by atoms with E-state index in [1.807, 2.05) is 34.5 Å². The van der Waals surface area contributed by atoms with Crippen LogP contribution in [0.4, 0.5) is 5.69 Å². The van der Waals surface area contributed by atoms with Crippen molar-refractivity contribution in [1.29, 1.82) is 0 Å². The van der Waals surface area contributed by atoms with Gasteiger partial charge in [-0.25, -0.2) is 4.98 Å². The van der Waals surface area contributed by atoms with E-state index in [9.17, 15) is 4.79 Å². The molecule has 3 rings (SSSR count). The Hall–Kier alpha value is -1.85. The zero-order valence-electron chi connectivity index (χ0n) is 12.0. The fraction of sp³-hybridized carbons (Fsp3) is 0.250. The molecule has 2 heterocycles. The summed E-state index contributed by atoms with van der Waals surface area (Å²) in [6.45, 7) is 3.12. The number of aromatic nitrogens is 1. The number of thiazole rings is 1. The molecule has 1 aliphatic rings. The van der Waals surface area contributed by atoms with Crippen LogP contribution < -0.4 is 4.90 Å². The van der Waals surface area contributed by atoms with Gasteiger partial charge in [0.25, 0.3) is 0 Å². The second kappa shape index (κ2) is 6.94. The number of nitrogens with zero attached hydrogens (tertiary/aromatic N) is 3. The van der Waals surface area contributed by atoms with Gasteiger partial charge in [-0.2, -0.15) is 0 Å². The molecular formula is C16H16ClN3OS. The Morgan fingerprint density at radius 3 is 2.55 bits per heavy atom. The van der Waals surface area contributed by atoms with E-state index in [0.29, 0.717) is 0 Å². The predicted octanol–water partition coefficient (Wildman–Crippen LogP) is 3.16. The summed E-state index contributed by atoms with van der Waals surface area (Å²) in [4.78, 5) is 20.4. The van der Waals surface area contributed by atoms with Crippen LogP contribution in [0.5, 0.6) is 0 Å². The number of hydrogen-bond acceptors (Lipinski definition) is 4. The van der Waals surface area contributed by atoms with Crippen LogP contribution in [0, 0.1) is 0 Å². The van der Waals surface area contributed by atoms with Crippen LogP contribution >= 0.6 is 22.9 Å². The number of anilines is 1. The second-order valence-electron chi connectivity index (χ2n) is 4.99. The first-order valence-electron chi connectivity index (χ1n) is 7.09. The van der Waals surface area contributed by atoms with E-state index >= 15 is 0 Å². The van der Waals surface area contributed by atoms with E-state index in [-0.39, 0.29) is 5.91 Å². The normalized spacial score (nSPS) is 15.5. The van der Waals surface area contributed by atoms with Crippen LogP contribution in [0.1, 0.15) is 5.01 Å². The molecule has 1 aromatic heterocycles. The Balaban J connectivity index is 1.55. The van der Waals surface area contributed by atoms with Gasteiger partial charge < -0.3 is 9.80 Å². The lowest BCUT2D eigenvalue weighted by atomic mass is 10.2. The Morgan fingerprint density at radius 1 is 1.18 bits per heavy atom. The highest BCUT2D eigenvalue weighted by Crippen LogP contribution is 2.19. The molecule has 0 bridgehead atoms. The van der Waals surface area contributed by atoms with Crippen LogP contribution in [0.25, 0.3) is 6.08 Å². The largest absolute Gasteiger partial charge is 0.368 e. The Labute approximate surface area is 138 Å². The van der Waals surface area contributed by atoms with Gasteiger partial charge in [-0.05, 0) is 30.3 Å². The van der Waals surface area contributed by atoms with Gasteiger partial charge >= 0.3 is 0 Å². The SMILES string of the molecule is O=C(/C=C\c1nccs1)N1CCN(c2ccc(Cl)cc2)CC1. The zero-order valence-corrected chi connectivity index (χ0v) is 13.6. The highest BCUT2D eigenvalue weighted by molar-refractivity contribution is 7.10. The maximum atomic E-state index is 12.2. The molecule has 4 nitrogen and oxygen atoms in total. The summed E-state index contributed by atoms with van der Waals surface area (Å²) in [6, 6.07) is 7.82. The van der Waals surface area contributed by atoms with E-state index in [1.54, 1.807) is 18.3 Å². The van der Waals surface area contributed by atoms with E-state index in [1.165, 1.54) is 11.3 Å². The van der Waals surface area contributed by atoms with E-state index < -0.39 is 0 Å². The molecule has 114 valence electrons. The molecule has 1 aliphatic heterocycles. The molecule has 0 N–H and O–H groups in total. The number of amides is 1. The van der Waals surface area contributed by atoms with Crippen LogP contribution in [-0.2, 0) is 4.79 Å². The standard InChI is InChI=1S/C16H16ClN3OS/c17-13-1-3-14(4-2-13)19-8-10-20(11-9-19)16(21)6-5-15-18-7-12-22-15/h1-7,12H,8-11H2/b6-5-. The van der Waals surface area contributed by atoms with Crippen LogP contribution in [0.2, 0.25) is 5.02 Å². The average Bonchev–Trinajstić information content (AvgIpc) is 3.07. The maximum absolute atomic E-state index is 12.2. The molecule has 1 saturated heterocycles. The van der Waals surface area contributed by atoms with Crippen molar-refractivity contribution in [1.82, 2.24) is 9.88 Å². The molecule has 0 aliphatic carbocycles. The van der Waals surface area contributed by atoms with Crippen molar-refractivity contribution in [2.45, 2.75) is 0 Å². The first-order valence-corrected chi connectivity index (χ1v) is 8.35. The molecule has 0 unspecified atom stereocenters. The molecule has 0 radical (unpaired) electrons. The highest BCUT2D eigenvalue weighted by atomic mass is 35.5. The smallest absolute Gasteiger partial charge is 0.246 e. The number of carbonyl (C=O) groups excluding carboxylic acids is 1. The summed E-state index contributed by atoms with van der Waals surface area (Å²) in [5, 5.41) is 3.49. The third-order valence-electron chi connectivity index (χ3n) is 3.60. The summed E-state index contributed by atoms with van der Waals surface area (Å²) in [7, 11) is 0. The van der Waals surface area contributed by atoms with Crippen LogP contribution in [0.3, 0.4) is 0 Å². The van der Waals surface area contributed by atoms with Crippen LogP contribution in [-0.4, -0.2) is 42.0 Å². The van der Waals surface area contributed by atoms with Crippen molar-refractivity contribution < 1.29 is 4.79 Å². The third-order valence-corrected chi connectivity index (χ3v) is 4.60. The summed E-state index contributed by atoms with van der Waals surface area (Å²) in [6.07, 6.45) is 5.12. The second-order valence-corrected chi connectivity index (χ2v) is 6.36. The maximum Gasteiger partial charge on any atom is 0.246 e. The van der Waals surface area contributed by atoms with E-state index in [4.69, 9.17) is 11.6 Å². The number of hydrogen-bond donors (Lipinski definition) is 0. The molecule has 0 atom stereocenters. The topological polar surface area (TPSA) is 36.4 Å². The molecule has 1 amide bonds. The minimum Gasteiger partial charge on any atom is -0.368 e. The van der Waals surface area contributed by atoms with Gasteiger partial charge in [-0.15, -0.1) is 11.3 Å². The number of halogens is 1. The zero-order chi connectivity index (χ0) is 15.4. The summed E-state index contributed by atoms with van der Waals surface area (Å²) >= 11 is 7.43. The van der Waals surface area contributed by atoms with Crippen molar-refractivity contribution in [3.05, 3.63) is 51.9 Å². The van der Waals surface area contributed by atoms with Crippen molar-refractivity contribution in [2.24, 2.45) is 0 Å². The lowest BCUT2D eigenvalue weighted by molar-refractivity contribution is -0.126. The van der Waals surface area contributed by atoms with Crippen molar-refractivity contribution >= 4 is 40.6 Å². The Morgan fingerprint density at radius 2 is 1.91 bits per heavy atom. The van der Waals surface area contributed by atoms with Crippen molar-refractivity contribution in [3.63, 3.8) is 0 Å². The molecule has 22 heavy (non-hydrogen) atoms. The van der Waals surface area contributed by atoms with Gasteiger partial charge in [0.15, 0.2) is 0 Å². The first kappa shape index (κ1) is 15.1. The lowest BCUT2D eigenvalue weighted by Crippen LogP contribution is -2.48. The Bertz CT molecular complexity index is 647. The van der Waals surface area contributed by atoms with E-state index in [0.717, 1.165) is 41.9 Å². The number of rotatable bonds is 3. The van der Waals surface area contributed by atoms with Gasteiger partial charge in [0.05, 0.1) is 0 Å². The quantitative estimate of drug-likeness (QED) is 0.810. The fourth-order valence-electron chi connectivity index (χ4n) is 2.40. The molecule has 1 fully saturated rings. The van der Waals surface area contributed by atoms with Gasteiger partial charge in [0.1, 0.15) is 5.01 Å². The third kappa shape index (κ3) is 3.67. The fourth-order valence-corrected chi connectivity index (χ4v) is 3.06. The van der Waals surface area contributed by atoms with Gasteiger partial charge in [-0.1, -0.05) is 11.6 Å². The van der Waals surface area contributed by atoms with Crippen LogP contribution in [0.15, 0.2) is 41.9 Å². The lowest BCUT2D eigenvalue weighted by Gasteiger charge is -2.35. The molecule has 2 aromatic rings. The minimum absolute atomic E-state index is 0.0472. The van der Waals surface area contributed by atoms with Gasteiger partial charge in [0, 0.05) is 54.5 Å². The average molecular weight is 334 g/mol. The van der Waals surface area contributed by atoms with E-state index in [2.05, 4.69) is 9.88 Å². The molecule has 6 heteroatoms. The monoisotopic (exact) mass is 333 g/mol. The van der Waals surface area contributed by atoms with Crippen molar-refractivity contribution in [3.8, 4) is 0 Å². The summed E-state index contributed by atoms with van der Waals surface area (Å²) in [5.74, 6) is 0.0472. The molecule has 1 aromatic carbocycles. The number of piperazine rings is 1. The summed E-state index contributed by atoms with van der Waals surface area (Å²) in [5.41, 5.74) is 1.15. The van der Waals surface area contributed by atoms with Gasteiger partial charge in [-0.3, -0.25) is 4.79 Å². The summed E-state index contributed by atoms with van der Waals surface area (Å²) < 4.78 is 0. The molecular weight excluding hydrogens is 318 g/mol. The number of carbonyl (C=O) groups is 1. The Kier molecular flexibility index (Phi) is 4.75. The first-order chi connectivity index (χ1) is 10.7. The predicted molar refractivity (Wildman–Crippen MR) is 91.4 cm³/mol. The van der Waals surface area contributed by atoms with Gasteiger partial charge in [0.2, 0.25) is 5.91 Å². The van der Waals surface area contributed by atoms with Crippen molar-refractivity contribution in [2.75, 3.05) is 31.1 Å². The molecule has 0 spiro atoms. The number of benzene rings is 1. The molecule has 0 saturated carbocycles.